The van der Waals surface area contributed by atoms with Gasteiger partial charge in [0.05, 0.1) is 30.7 Å². The van der Waals surface area contributed by atoms with Crippen LogP contribution in [0.15, 0.2) is 36.5 Å². The number of hydrogen-bond donors (Lipinski definition) is 1. The molecule has 1 N–H and O–H groups in total. The summed E-state index contributed by atoms with van der Waals surface area (Å²) in [6, 6.07) is 10.0. The Morgan fingerprint density at radius 2 is 1.88 bits per heavy atom. The number of hydrogen-bond acceptors (Lipinski definition) is 3. The minimum atomic E-state index is -0.283. The highest BCUT2D eigenvalue weighted by atomic mass is 16.7. The van der Waals surface area contributed by atoms with E-state index in [1.807, 2.05) is 30.3 Å². The zero-order valence-corrected chi connectivity index (χ0v) is 8.72. The van der Waals surface area contributed by atoms with Crippen molar-refractivity contribution in [3.05, 3.63) is 42.1 Å². The molecule has 0 radical (unpaired) electrons. The molecule has 1 saturated heterocycles. The first-order valence-electron chi connectivity index (χ1n) is 5.27. The second-order valence-electron chi connectivity index (χ2n) is 3.64. The van der Waals surface area contributed by atoms with E-state index in [-0.39, 0.29) is 6.29 Å². The Kier molecular flexibility index (Phi) is 2.44. The molecule has 2 aromatic rings. The van der Waals surface area contributed by atoms with Gasteiger partial charge in [-0.15, -0.1) is 0 Å². The Labute approximate surface area is 93.2 Å². The number of rotatable bonds is 2. The van der Waals surface area contributed by atoms with Crippen molar-refractivity contribution in [2.45, 2.75) is 6.29 Å². The molecule has 4 nitrogen and oxygen atoms in total. The van der Waals surface area contributed by atoms with Crippen molar-refractivity contribution < 1.29 is 9.47 Å². The van der Waals surface area contributed by atoms with E-state index in [4.69, 9.17) is 9.47 Å². The smallest absolute Gasteiger partial charge is 0.187 e. The van der Waals surface area contributed by atoms with Crippen molar-refractivity contribution in [1.29, 1.82) is 0 Å². The van der Waals surface area contributed by atoms with Gasteiger partial charge in [-0.2, -0.15) is 5.10 Å². The maximum Gasteiger partial charge on any atom is 0.187 e. The maximum absolute atomic E-state index is 5.48. The summed E-state index contributed by atoms with van der Waals surface area (Å²) >= 11 is 0. The molecule has 16 heavy (non-hydrogen) atoms. The Morgan fingerprint density at radius 1 is 1.12 bits per heavy atom. The average Bonchev–Trinajstić information content (AvgIpc) is 3.01. The monoisotopic (exact) mass is 216 g/mol. The van der Waals surface area contributed by atoms with Crippen molar-refractivity contribution >= 4 is 0 Å². The Balaban J connectivity index is 1.99. The molecule has 0 bridgehead atoms. The summed E-state index contributed by atoms with van der Waals surface area (Å²) in [6.45, 7) is 1.29. The molecular weight excluding hydrogens is 204 g/mol. The number of H-pyrrole nitrogens is 1. The highest BCUT2D eigenvalue weighted by Gasteiger charge is 2.23. The van der Waals surface area contributed by atoms with Crippen LogP contribution in [0, 0.1) is 0 Å². The molecule has 0 aliphatic carbocycles. The first-order chi connectivity index (χ1) is 7.95. The third-order valence-corrected chi connectivity index (χ3v) is 2.61. The van der Waals surface area contributed by atoms with E-state index in [9.17, 15) is 0 Å². The van der Waals surface area contributed by atoms with E-state index in [0.717, 1.165) is 16.8 Å². The summed E-state index contributed by atoms with van der Waals surface area (Å²) in [5.41, 5.74) is 3.02. The summed E-state index contributed by atoms with van der Waals surface area (Å²) in [4.78, 5) is 0. The fourth-order valence-corrected chi connectivity index (χ4v) is 1.85. The predicted molar refractivity (Wildman–Crippen MR) is 58.7 cm³/mol. The minimum absolute atomic E-state index is 0.283. The molecule has 1 aliphatic heterocycles. The normalized spacial score (nSPS) is 16.8. The minimum Gasteiger partial charge on any atom is -0.346 e. The lowest BCUT2D eigenvalue weighted by molar-refractivity contribution is -0.0436. The van der Waals surface area contributed by atoms with E-state index < -0.39 is 0 Å². The van der Waals surface area contributed by atoms with Crippen molar-refractivity contribution in [1.82, 2.24) is 10.2 Å². The molecule has 4 heteroatoms. The highest BCUT2D eigenvalue weighted by Crippen LogP contribution is 2.30. The van der Waals surface area contributed by atoms with Crippen molar-refractivity contribution in [2.75, 3.05) is 13.2 Å². The van der Waals surface area contributed by atoms with Crippen LogP contribution < -0.4 is 0 Å². The second-order valence-corrected chi connectivity index (χ2v) is 3.64. The van der Waals surface area contributed by atoms with Gasteiger partial charge in [0.25, 0.3) is 0 Å². The van der Waals surface area contributed by atoms with Crippen molar-refractivity contribution in [2.24, 2.45) is 0 Å². The third-order valence-electron chi connectivity index (χ3n) is 2.61. The van der Waals surface area contributed by atoms with Gasteiger partial charge in [-0.05, 0) is 5.56 Å². The van der Waals surface area contributed by atoms with Crippen LogP contribution in [-0.4, -0.2) is 23.4 Å². The molecule has 0 amide bonds. The molecule has 0 saturated carbocycles. The van der Waals surface area contributed by atoms with E-state index in [0.29, 0.717) is 13.2 Å². The van der Waals surface area contributed by atoms with Crippen LogP contribution in [0.1, 0.15) is 11.9 Å². The SMILES string of the molecule is c1ccc(-c2[nH]ncc2C2OCCO2)cc1. The molecule has 0 spiro atoms. The number of aromatic amines is 1. The summed E-state index contributed by atoms with van der Waals surface area (Å²) < 4.78 is 11.0. The molecule has 1 aromatic carbocycles. The van der Waals surface area contributed by atoms with Crippen LogP contribution in [-0.2, 0) is 9.47 Å². The van der Waals surface area contributed by atoms with Crippen LogP contribution >= 0.6 is 0 Å². The van der Waals surface area contributed by atoms with E-state index in [2.05, 4.69) is 10.2 Å². The second kappa shape index (κ2) is 4.08. The number of nitrogens with zero attached hydrogens (tertiary/aromatic N) is 1. The van der Waals surface area contributed by atoms with Crippen LogP contribution in [0.2, 0.25) is 0 Å². The highest BCUT2D eigenvalue weighted by molar-refractivity contribution is 5.62. The van der Waals surface area contributed by atoms with Crippen LogP contribution in [0.25, 0.3) is 11.3 Å². The third kappa shape index (κ3) is 1.62. The van der Waals surface area contributed by atoms with Gasteiger partial charge in [-0.25, -0.2) is 0 Å². The molecule has 0 atom stereocenters. The molecule has 1 fully saturated rings. The molecular formula is C12H12N2O2. The van der Waals surface area contributed by atoms with E-state index in [1.165, 1.54) is 0 Å². The lowest BCUT2D eigenvalue weighted by Crippen LogP contribution is -1.98. The number of ether oxygens (including phenoxy) is 2. The van der Waals surface area contributed by atoms with Crippen LogP contribution in [0.3, 0.4) is 0 Å². The molecule has 1 aromatic heterocycles. The Bertz CT molecular complexity index is 461. The molecule has 1 aliphatic rings. The lowest BCUT2D eigenvalue weighted by atomic mass is 10.1. The van der Waals surface area contributed by atoms with Gasteiger partial charge in [0.2, 0.25) is 0 Å². The van der Waals surface area contributed by atoms with Gasteiger partial charge in [0.15, 0.2) is 6.29 Å². The number of aromatic nitrogens is 2. The fraction of sp³-hybridized carbons (Fsp3) is 0.250. The van der Waals surface area contributed by atoms with E-state index >= 15 is 0 Å². The van der Waals surface area contributed by atoms with Gasteiger partial charge in [-0.1, -0.05) is 30.3 Å². The standard InChI is InChI=1S/C12H12N2O2/c1-2-4-9(5-3-1)11-10(8-13-14-11)12-15-6-7-16-12/h1-5,8,12H,6-7H2,(H,13,14). The predicted octanol–water partition coefficient (Wildman–Crippen LogP) is 2.12. The largest absolute Gasteiger partial charge is 0.346 e. The summed E-state index contributed by atoms with van der Waals surface area (Å²) in [7, 11) is 0. The van der Waals surface area contributed by atoms with Crippen molar-refractivity contribution in [3.63, 3.8) is 0 Å². The van der Waals surface area contributed by atoms with Gasteiger partial charge in [0.1, 0.15) is 0 Å². The van der Waals surface area contributed by atoms with Gasteiger partial charge in [-0.3, -0.25) is 5.10 Å². The fourth-order valence-electron chi connectivity index (χ4n) is 1.85. The summed E-state index contributed by atoms with van der Waals surface area (Å²) in [6.07, 6.45) is 1.48. The molecule has 3 rings (SSSR count). The van der Waals surface area contributed by atoms with E-state index in [1.54, 1.807) is 6.20 Å². The van der Waals surface area contributed by atoms with Gasteiger partial charge < -0.3 is 9.47 Å². The van der Waals surface area contributed by atoms with Crippen LogP contribution in [0.4, 0.5) is 0 Å². The molecule has 2 heterocycles. The lowest BCUT2D eigenvalue weighted by Gasteiger charge is -2.09. The number of benzene rings is 1. The first-order valence-corrected chi connectivity index (χ1v) is 5.27. The topological polar surface area (TPSA) is 47.1 Å². The zero-order valence-electron chi connectivity index (χ0n) is 8.72. The van der Waals surface area contributed by atoms with Crippen LogP contribution in [0.5, 0.6) is 0 Å². The van der Waals surface area contributed by atoms with Gasteiger partial charge >= 0.3 is 0 Å². The molecule has 82 valence electrons. The quantitative estimate of drug-likeness (QED) is 0.836. The number of nitrogens with one attached hydrogen (secondary N) is 1. The maximum atomic E-state index is 5.48. The Morgan fingerprint density at radius 3 is 2.62 bits per heavy atom. The van der Waals surface area contributed by atoms with Gasteiger partial charge in [0, 0.05) is 0 Å². The van der Waals surface area contributed by atoms with Crippen molar-refractivity contribution in [3.8, 4) is 11.3 Å². The average molecular weight is 216 g/mol. The Hall–Kier alpha value is -1.65. The zero-order chi connectivity index (χ0) is 10.8. The molecule has 0 unspecified atom stereocenters. The summed E-state index contributed by atoms with van der Waals surface area (Å²) in [5, 5.41) is 7.05. The summed E-state index contributed by atoms with van der Waals surface area (Å²) in [5.74, 6) is 0. The first kappa shape index (κ1) is 9.57.